The highest BCUT2D eigenvalue weighted by Crippen LogP contribution is 2.19. The van der Waals surface area contributed by atoms with Gasteiger partial charge in [0.05, 0.1) is 13.2 Å². The Labute approximate surface area is 92.1 Å². The van der Waals surface area contributed by atoms with Gasteiger partial charge < -0.3 is 9.47 Å². The lowest BCUT2D eigenvalue weighted by Crippen LogP contribution is -2.34. The summed E-state index contributed by atoms with van der Waals surface area (Å²) in [5.74, 6) is 0.704. The van der Waals surface area contributed by atoms with E-state index in [0.717, 1.165) is 12.8 Å². The largest absolute Gasteiger partial charge is 0.462 e. The molecular weight excluding hydrogens is 192 g/mol. The maximum Gasteiger partial charge on any atom is 0.306 e. The van der Waals surface area contributed by atoms with Crippen LogP contribution in [0.2, 0.25) is 0 Å². The van der Waals surface area contributed by atoms with Gasteiger partial charge in [-0.3, -0.25) is 4.79 Å². The first-order valence-electron chi connectivity index (χ1n) is 5.90. The van der Waals surface area contributed by atoms with Gasteiger partial charge in [-0.25, -0.2) is 0 Å². The summed E-state index contributed by atoms with van der Waals surface area (Å²) in [6.45, 7) is 7.66. The third-order valence-corrected chi connectivity index (χ3v) is 3.06. The summed E-state index contributed by atoms with van der Waals surface area (Å²) in [5.41, 5.74) is 0. The van der Waals surface area contributed by atoms with Crippen LogP contribution in [0, 0.1) is 11.8 Å². The van der Waals surface area contributed by atoms with Crippen molar-refractivity contribution in [3.8, 4) is 0 Å². The number of carbonyl (C=O) groups is 1. The molecule has 3 heteroatoms. The minimum Gasteiger partial charge on any atom is -0.462 e. The van der Waals surface area contributed by atoms with Gasteiger partial charge in [0.2, 0.25) is 0 Å². The topological polar surface area (TPSA) is 35.5 Å². The fourth-order valence-electron chi connectivity index (χ4n) is 1.68. The summed E-state index contributed by atoms with van der Waals surface area (Å²) in [6, 6.07) is 0. The van der Waals surface area contributed by atoms with Crippen molar-refractivity contribution in [2.45, 2.75) is 46.1 Å². The Balaban J connectivity index is 2.29. The SMILES string of the molecule is CCC(C)CC(=O)OC1CCOCC1C. The van der Waals surface area contributed by atoms with Gasteiger partial charge in [-0.15, -0.1) is 0 Å². The van der Waals surface area contributed by atoms with Crippen LogP contribution in [0.4, 0.5) is 0 Å². The van der Waals surface area contributed by atoms with Crippen LogP contribution in [-0.4, -0.2) is 25.3 Å². The molecule has 0 amide bonds. The third kappa shape index (κ3) is 4.20. The molecule has 1 heterocycles. The molecular formula is C12H22O3. The van der Waals surface area contributed by atoms with Gasteiger partial charge in [0, 0.05) is 18.8 Å². The van der Waals surface area contributed by atoms with Crippen molar-refractivity contribution >= 4 is 5.97 Å². The van der Waals surface area contributed by atoms with E-state index >= 15 is 0 Å². The van der Waals surface area contributed by atoms with Crippen LogP contribution in [0.25, 0.3) is 0 Å². The number of carbonyl (C=O) groups excluding carboxylic acids is 1. The van der Waals surface area contributed by atoms with Crippen molar-refractivity contribution in [3.05, 3.63) is 0 Å². The van der Waals surface area contributed by atoms with Gasteiger partial charge >= 0.3 is 5.97 Å². The molecule has 0 aromatic carbocycles. The molecule has 1 aliphatic rings. The maximum absolute atomic E-state index is 11.6. The van der Waals surface area contributed by atoms with E-state index in [-0.39, 0.29) is 12.1 Å². The Bertz CT molecular complexity index is 203. The monoisotopic (exact) mass is 214 g/mol. The van der Waals surface area contributed by atoms with Crippen LogP contribution in [0.5, 0.6) is 0 Å². The molecule has 0 spiro atoms. The van der Waals surface area contributed by atoms with Gasteiger partial charge in [0.25, 0.3) is 0 Å². The van der Waals surface area contributed by atoms with Crippen LogP contribution < -0.4 is 0 Å². The first-order chi connectivity index (χ1) is 7.13. The summed E-state index contributed by atoms with van der Waals surface area (Å²) < 4.78 is 10.8. The Morgan fingerprint density at radius 1 is 1.60 bits per heavy atom. The molecule has 0 aromatic heterocycles. The zero-order valence-corrected chi connectivity index (χ0v) is 9.99. The second-order valence-electron chi connectivity index (χ2n) is 4.59. The van der Waals surface area contributed by atoms with Crippen molar-refractivity contribution in [3.63, 3.8) is 0 Å². The molecule has 0 N–H and O–H groups in total. The Morgan fingerprint density at radius 2 is 2.33 bits per heavy atom. The van der Waals surface area contributed by atoms with Crippen LogP contribution in [0.15, 0.2) is 0 Å². The molecule has 3 nitrogen and oxygen atoms in total. The second-order valence-corrected chi connectivity index (χ2v) is 4.59. The van der Waals surface area contributed by atoms with Gasteiger partial charge in [0.15, 0.2) is 0 Å². The van der Waals surface area contributed by atoms with E-state index in [2.05, 4.69) is 20.8 Å². The lowest BCUT2D eigenvalue weighted by Gasteiger charge is -2.28. The molecule has 88 valence electrons. The van der Waals surface area contributed by atoms with Crippen LogP contribution >= 0.6 is 0 Å². The minimum absolute atomic E-state index is 0.0527. The quantitative estimate of drug-likeness (QED) is 0.674. The van der Waals surface area contributed by atoms with E-state index in [9.17, 15) is 4.79 Å². The van der Waals surface area contributed by atoms with Gasteiger partial charge in [-0.05, 0) is 5.92 Å². The minimum atomic E-state index is -0.0527. The van der Waals surface area contributed by atoms with E-state index < -0.39 is 0 Å². The summed E-state index contributed by atoms with van der Waals surface area (Å²) in [7, 11) is 0. The predicted molar refractivity (Wildman–Crippen MR) is 58.6 cm³/mol. The molecule has 0 aromatic rings. The van der Waals surface area contributed by atoms with Crippen molar-refractivity contribution < 1.29 is 14.3 Å². The number of hydrogen-bond donors (Lipinski definition) is 0. The summed E-state index contributed by atoms with van der Waals surface area (Å²) in [4.78, 5) is 11.6. The number of esters is 1. The summed E-state index contributed by atoms with van der Waals surface area (Å²) in [6.07, 6.45) is 2.47. The highest BCUT2D eigenvalue weighted by atomic mass is 16.6. The fourth-order valence-corrected chi connectivity index (χ4v) is 1.68. The lowest BCUT2D eigenvalue weighted by molar-refractivity contribution is -0.158. The number of hydrogen-bond acceptors (Lipinski definition) is 3. The highest BCUT2D eigenvalue weighted by Gasteiger charge is 2.25. The molecule has 1 saturated heterocycles. The Morgan fingerprint density at radius 3 is 2.93 bits per heavy atom. The molecule has 1 aliphatic heterocycles. The highest BCUT2D eigenvalue weighted by molar-refractivity contribution is 5.69. The lowest BCUT2D eigenvalue weighted by atomic mass is 10.0. The van der Waals surface area contributed by atoms with Crippen molar-refractivity contribution in [2.24, 2.45) is 11.8 Å². The molecule has 3 atom stereocenters. The first-order valence-corrected chi connectivity index (χ1v) is 5.90. The zero-order valence-electron chi connectivity index (χ0n) is 9.99. The van der Waals surface area contributed by atoms with Crippen molar-refractivity contribution in [1.82, 2.24) is 0 Å². The molecule has 1 fully saturated rings. The molecule has 0 bridgehead atoms. The second kappa shape index (κ2) is 6.11. The maximum atomic E-state index is 11.6. The van der Waals surface area contributed by atoms with E-state index in [1.165, 1.54) is 0 Å². The van der Waals surface area contributed by atoms with Gasteiger partial charge in [-0.2, -0.15) is 0 Å². The van der Waals surface area contributed by atoms with Gasteiger partial charge in [-0.1, -0.05) is 27.2 Å². The van der Waals surface area contributed by atoms with E-state index in [1.807, 2.05) is 0 Å². The average molecular weight is 214 g/mol. The predicted octanol–water partition coefficient (Wildman–Crippen LogP) is 2.39. The fraction of sp³-hybridized carbons (Fsp3) is 0.917. The van der Waals surface area contributed by atoms with Crippen LogP contribution in [0.1, 0.15) is 40.0 Å². The Kier molecular flexibility index (Phi) is 5.09. The van der Waals surface area contributed by atoms with Gasteiger partial charge in [0.1, 0.15) is 6.10 Å². The number of rotatable bonds is 4. The smallest absolute Gasteiger partial charge is 0.306 e. The van der Waals surface area contributed by atoms with Crippen LogP contribution in [0.3, 0.4) is 0 Å². The molecule has 0 radical (unpaired) electrons. The molecule has 1 rings (SSSR count). The normalized spacial score (nSPS) is 28.5. The van der Waals surface area contributed by atoms with E-state index in [1.54, 1.807) is 0 Å². The van der Waals surface area contributed by atoms with Crippen LogP contribution in [-0.2, 0) is 14.3 Å². The molecule has 0 saturated carbocycles. The summed E-state index contributed by atoms with van der Waals surface area (Å²) in [5, 5.41) is 0. The Hall–Kier alpha value is -0.570. The zero-order chi connectivity index (χ0) is 11.3. The standard InChI is InChI=1S/C12H22O3/c1-4-9(2)7-12(13)15-11-5-6-14-8-10(11)3/h9-11H,4-8H2,1-3H3. The summed E-state index contributed by atoms with van der Waals surface area (Å²) >= 11 is 0. The van der Waals surface area contributed by atoms with E-state index in [0.29, 0.717) is 31.5 Å². The number of ether oxygens (including phenoxy) is 2. The van der Waals surface area contributed by atoms with E-state index in [4.69, 9.17) is 9.47 Å². The molecule has 15 heavy (non-hydrogen) atoms. The van der Waals surface area contributed by atoms with Crippen molar-refractivity contribution in [2.75, 3.05) is 13.2 Å². The molecule has 3 unspecified atom stereocenters. The third-order valence-electron chi connectivity index (χ3n) is 3.06. The first kappa shape index (κ1) is 12.5. The average Bonchev–Trinajstić information content (AvgIpc) is 2.21. The van der Waals surface area contributed by atoms with Crippen molar-refractivity contribution in [1.29, 1.82) is 0 Å². The molecule has 0 aliphatic carbocycles.